The Kier molecular flexibility index (Phi) is 4.69. The highest BCUT2D eigenvalue weighted by molar-refractivity contribution is 7.18. The van der Waals surface area contributed by atoms with Gasteiger partial charge in [0.05, 0.1) is 23.3 Å². The molecule has 0 radical (unpaired) electrons. The van der Waals surface area contributed by atoms with Gasteiger partial charge in [-0.1, -0.05) is 30.3 Å². The Morgan fingerprint density at radius 2 is 1.91 bits per heavy atom. The smallest absolute Gasteiger partial charge is 0.238 e. The Morgan fingerprint density at radius 3 is 2.70 bits per heavy atom. The molecule has 1 aromatic heterocycles. The number of aromatic nitrogens is 1. The van der Waals surface area contributed by atoms with Crippen LogP contribution < -0.4 is 5.32 Å². The fourth-order valence-corrected chi connectivity index (χ4v) is 3.47. The standard InChI is InChI=1S/C18H19N3OS/c1-13-7-3-4-8-14(13)19-17(22)11-21(2)12-18-20-15-9-5-6-10-16(15)23-18/h3-10H,11-12H2,1-2H3,(H,19,22). The average Bonchev–Trinajstić information content (AvgIpc) is 2.91. The van der Waals surface area contributed by atoms with E-state index < -0.39 is 0 Å². The van der Waals surface area contributed by atoms with Crippen LogP contribution in [0.4, 0.5) is 5.69 Å². The molecule has 0 fully saturated rings. The number of para-hydroxylation sites is 2. The number of amides is 1. The second kappa shape index (κ2) is 6.89. The number of aryl methyl sites for hydroxylation is 1. The zero-order valence-electron chi connectivity index (χ0n) is 13.2. The van der Waals surface area contributed by atoms with Gasteiger partial charge >= 0.3 is 0 Å². The highest BCUT2D eigenvalue weighted by Crippen LogP contribution is 2.22. The molecule has 1 amide bonds. The van der Waals surface area contributed by atoms with E-state index in [4.69, 9.17) is 0 Å². The number of hydrogen-bond donors (Lipinski definition) is 1. The van der Waals surface area contributed by atoms with Crippen molar-refractivity contribution in [1.82, 2.24) is 9.88 Å². The molecule has 0 aliphatic heterocycles. The minimum atomic E-state index is -0.0112. The molecule has 2 aromatic carbocycles. The number of nitrogens with one attached hydrogen (secondary N) is 1. The highest BCUT2D eigenvalue weighted by atomic mass is 32.1. The molecule has 0 saturated carbocycles. The number of carbonyl (C=O) groups excluding carboxylic acids is 1. The maximum Gasteiger partial charge on any atom is 0.238 e. The van der Waals surface area contributed by atoms with Crippen LogP contribution in [0.15, 0.2) is 48.5 Å². The summed E-state index contributed by atoms with van der Waals surface area (Å²) in [5.74, 6) is -0.0112. The van der Waals surface area contributed by atoms with Crippen LogP contribution in [0.1, 0.15) is 10.6 Å². The van der Waals surface area contributed by atoms with Crippen molar-refractivity contribution in [1.29, 1.82) is 0 Å². The van der Waals surface area contributed by atoms with E-state index >= 15 is 0 Å². The summed E-state index contributed by atoms with van der Waals surface area (Å²) >= 11 is 1.67. The SMILES string of the molecule is Cc1ccccc1NC(=O)CN(C)Cc1nc2ccccc2s1. The summed E-state index contributed by atoms with van der Waals surface area (Å²) < 4.78 is 1.18. The number of nitrogens with zero attached hydrogens (tertiary/aromatic N) is 2. The van der Waals surface area contributed by atoms with Gasteiger partial charge in [0.15, 0.2) is 0 Å². The second-order valence-corrected chi connectivity index (χ2v) is 6.73. The molecule has 0 spiro atoms. The molecule has 0 aliphatic carbocycles. The average molecular weight is 325 g/mol. The van der Waals surface area contributed by atoms with Gasteiger partial charge in [0.2, 0.25) is 5.91 Å². The molecule has 0 bridgehead atoms. The minimum Gasteiger partial charge on any atom is -0.325 e. The van der Waals surface area contributed by atoms with Gasteiger partial charge in [-0.15, -0.1) is 11.3 Å². The Labute approximate surface area is 139 Å². The van der Waals surface area contributed by atoms with Crippen molar-refractivity contribution in [3.05, 3.63) is 59.1 Å². The van der Waals surface area contributed by atoms with E-state index in [1.807, 2.05) is 61.3 Å². The zero-order valence-corrected chi connectivity index (χ0v) is 14.1. The molecule has 3 aromatic rings. The second-order valence-electron chi connectivity index (χ2n) is 5.61. The minimum absolute atomic E-state index is 0.0112. The maximum absolute atomic E-state index is 12.2. The molecule has 5 heteroatoms. The molecule has 0 unspecified atom stereocenters. The Bertz CT molecular complexity index is 795. The summed E-state index contributed by atoms with van der Waals surface area (Å²) in [5, 5.41) is 3.98. The largest absolute Gasteiger partial charge is 0.325 e. The molecular formula is C18H19N3OS. The normalized spacial score (nSPS) is 11.1. The summed E-state index contributed by atoms with van der Waals surface area (Å²) in [6.45, 7) is 2.99. The predicted octanol–water partition coefficient (Wildman–Crippen LogP) is 3.68. The molecular weight excluding hydrogens is 306 g/mol. The number of hydrogen-bond acceptors (Lipinski definition) is 4. The van der Waals surface area contributed by atoms with E-state index in [0.29, 0.717) is 13.1 Å². The summed E-state index contributed by atoms with van der Waals surface area (Å²) in [6, 6.07) is 15.9. The first-order valence-electron chi connectivity index (χ1n) is 7.50. The van der Waals surface area contributed by atoms with Crippen LogP contribution in [0.5, 0.6) is 0 Å². The first-order valence-corrected chi connectivity index (χ1v) is 8.32. The van der Waals surface area contributed by atoms with Crippen molar-refractivity contribution in [2.75, 3.05) is 18.9 Å². The molecule has 3 rings (SSSR count). The van der Waals surface area contributed by atoms with Gasteiger partial charge in [0.1, 0.15) is 5.01 Å². The molecule has 118 valence electrons. The van der Waals surface area contributed by atoms with Gasteiger partial charge in [-0.2, -0.15) is 0 Å². The molecule has 0 atom stereocenters. The quantitative estimate of drug-likeness (QED) is 0.778. The molecule has 0 saturated heterocycles. The predicted molar refractivity (Wildman–Crippen MR) is 95.8 cm³/mol. The number of carbonyl (C=O) groups is 1. The van der Waals surface area contributed by atoms with E-state index in [1.165, 1.54) is 4.70 Å². The summed E-state index contributed by atoms with van der Waals surface area (Å²) in [7, 11) is 1.93. The number of thiazole rings is 1. The van der Waals surface area contributed by atoms with Gasteiger partial charge in [-0.05, 0) is 37.7 Å². The van der Waals surface area contributed by atoms with Gasteiger partial charge in [-0.25, -0.2) is 4.98 Å². The van der Waals surface area contributed by atoms with Crippen LogP contribution in [0.2, 0.25) is 0 Å². The number of likely N-dealkylation sites (N-methyl/N-ethyl adjacent to an activating group) is 1. The first-order chi connectivity index (χ1) is 11.1. The van der Waals surface area contributed by atoms with Crippen LogP contribution >= 0.6 is 11.3 Å². The number of fused-ring (bicyclic) bond motifs is 1. The number of rotatable bonds is 5. The summed E-state index contributed by atoms with van der Waals surface area (Å²) in [4.78, 5) is 18.7. The van der Waals surface area contributed by atoms with Crippen LogP contribution in [0.25, 0.3) is 10.2 Å². The third-order valence-electron chi connectivity index (χ3n) is 3.58. The summed E-state index contributed by atoms with van der Waals surface area (Å²) in [5.41, 5.74) is 2.95. The zero-order chi connectivity index (χ0) is 16.2. The van der Waals surface area contributed by atoms with Crippen LogP contribution in [-0.4, -0.2) is 29.4 Å². The van der Waals surface area contributed by atoms with Crippen LogP contribution in [0.3, 0.4) is 0 Å². The third kappa shape index (κ3) is 3.94. The van der Waals surface area contributed by atoms with E-state index in [2.05, 4.69) is 16.4 Å². The van der Waals surface area contributed by atoms with Crippen molar-refractivity contribution >= 4 is 33.1 Å². The Hall–Kier alpha value is -2.24. The highest BCUT2D eigenvalue weighted by Gasteiger charge is 2.11. The van der Waals surface area contributed by atoms with E-state index in [1.54, 1.807) is 11.3 Å². The third-order valence-corrected chi connectivity index (χ3v) is 4.60. The molecule has 23 heavy (non-hydrogen) atoms. The molecule has 0 aliphatic rings. The van der Waals surface area contributed by atoms with E-state index in [9.17, 15) is 4.79 Å². The molecule has 1 N–H and O–H groups in total. The topological polar surface area (TPSA) is 45.2 Å². The lowest BCUT2D eigenvalue weighted by Crippen LogP contribution is -2.30. The number of benzene rings is 2. The fraction of sp³-hybridized carbons (Fsp3) is 0.222. The lowest BCUT2D eigenvalue weighted by molar-refractivity contribution is -0.117. The van der Waals surface area contributed by atoms with Crippen molar-refractivity contribution in [2.45, 2.75) is 13.5 Å². The van der Waals surface area contributed by atoms with E-state index in [0.717, 1.165) is 21.8 Å². The fourth-order valence-electron chi connectivity index (χ4n) is 2.42. The first kappa shape index (κ1) is 15.6. The Balaban J connectivity index is 1.59. The van der Waals surface area contributed by atoms with Gasteiger partial charge < -0.3 is 5.32 Å². The molecule has 1 heterocycles. The monoisotopic (exact) mass is 325 g/mol. The van der Waals surface area contributed by atoms with Crippen molar-refractivity contribution in [2.24, 2.45) is 0 Å². The van der Waals surface area contributed by atoms with Gasteiger partial charge in [-0.3, -0.25) is 9.69 Å². The van der Waals surface area contributed by atoms with Crippen molar-refractivity contribution in [3.8, 4) is 0 Å². The van der Waals surface area contributed by atoms with Crippen LogP contribution in [0, 0.1) is 6.92 Å². The Morgan fingerprint density at radius 1 is 1.17 bits per heavy atom. The lowest BCUT2D eigenvalue weighted by Gasteiger charge is -2.15. The van der Waals surface area contributed by atoms with Crippen LogP contribution in [-0.2, 0) is 11.3 Å². The van der Waals surface area contributed by atoms with Crippen molar-refractivity contribution in [3.63, 3.8) is 0 Å². The number of anilines is 1. The van der Waals surface area contributed by atoms with Crippen molar-refractivity contribution < 1.29 is 4.79 Å². The van der Waals surface area contributed by atoms with Gasteiger partial charge in [0, 0.05) is 5.69 Å². The maximum atomic E-state index is 12.2. The molecule has 4 nitrogen and oxygen atoms in total. The van der Waals surface area contributed by atoms with Gasteiger partial charge in [0.25, 0.3) is 0 Å². The van der Waals surface area contributed by atoms with E-state index in [-0.39, 0.29) is 5.91 Å². The summed E-state index contributed by atoms with van der Waals surface area (Å²) in [6.07, 6.45) is 0. The lowest BCUT2D eigenvalue weighted by atomic mass is 10.2.